The molecule has 0 aromatic carbocycles. The lowest BCUT2D eigenvalue weighted by Crippen LogP contribution is -2.21. The highest BCUT2D eigenvalue weighted by Crippen LogP contribution is 2.17. The predicted octanol–water partition coefficient (Wildman–Crippen LogP) is 2.60. The number of ether oxygens (including phenoxy) is 1. The van der Waals surface area contributed by atoms with Gasteiger partial charge in [0.05, 0.1) is 6.10 Å². The van der Waals surface area contributed by atoms with Crippen molar-refractivity contribution in [2.24, 2.45) is 0 Å². The Bertz CT molecular complexity index is 519. The summed E-state index contributed by atoms with van der Waals surface area (Å²) >= 11 is 3.46. The smallest absolute Gasteiger partial charge is 0.156 e. The largest absolute Gasteiger partial charge is 0.378 e. The van der Waals surface area contributed by atoms with Gasteiger partial charge in [0.25, 0.3) is 0 Å². The Morgan fingerprint density at radius 2 is 2.35 bits per heavy atom. The van der Waals surface area contributed by atoms with Gasteiger partial charge in [-0.1, -0.05) is 6.07 Å². The van der Waals surface area contributed by atoms with E-state index < -0.39 is 0 Å². The summed E-state index contributed by atoms with van der Waals surface area (Å²) in [6.45, 7) is 0.877. The Morgan fingerprint density at radius 1 is 1.41 bits per heavy atom. The third kappa shape index (κ3) is 2.35. The van der Waals surface area contributed by atoms with E-state index in [1.807, 2.05) is 22.7 Å². The van der Waals surface area contributed by atoms with E-state index in [2.05, 4.69) is 26.0 Å². The van der Waals surface area contributed by atoms with Crippen LogP contribution in [0.25, 0.3) is 5.65 Å². The van der Waals surface area contributed by atoms with E-state index in [9.17, 15) is 0 Å². The molecule has 0 saturated carbocycles. The fourth-order valence-corrected chi connectivity index (χ4v) is 2.59. The van der Waals surface area contributed by atoms with Crippen molar-refractivity contribution in [3.05, 3.63) is 28.6 Å². The zero-order chi connectivity index (χ0) is 11.7. The minimum Gasteiger partial charge on any atom is -0.378 e. The highest BCUT2D eigenvalue weighted by Gasteiger charge is 2.17. The number of aromatic nitrogens is 3. The maximum absolute atomic E-state index is 5.71. The van der Waals surface area contributed by atoms with E-state index >= 15 is 0 Å². The number of rotatable bonds is 2. The van der Waals surface area contributed by atoms with Gasteiger partial charge in [-0.2, -0.15) is 5.10 Å². The van der Waals surface area contributed by atoms with Crippen LogP contribution >= 0.6 is 15.9 Å². The predicted molar refractivity (Wildman–Crippen MR) is 68.0 cm³/mol. The molecule has 2 aromatic rings. The quantitative estimate of drug-likeness (QED) is 0.800. The van der Waals surface area contributed by atoms with Gasteiger partial charge in [-0.05, 0) is 47.3 Å². The van der Waals surface area contributed by atoms with Crippen LogP contribution in [0, 0.1) is 0 Å². The molecule has 3 heterocycles. The maximum Gasteiger partial charge on any atom is 0.156 e. The van der Waals surface area contributed by atoms with Crippen LogP contribution in [0.5, 0.6) is 0 Å². The minimum atomic E-state index is 0.292. The fraction of sp³-hybridized carbons (Fsp3) is 0.500. The van der Waals surface area contributed by atoms with E-state index in [0.29, 0.717) is 6.10 Å². The lowest BCUT2D eigenvalue weighted by molar-refractivity contribution is 0.0157. The monoisotopic (exact) mass is 295 g/mol. The first-order valence-electron chi connectivity index (χ1n) is 5.95. The Balaban J connectivity index is 1.83. The summed E-state index contributed by atoms with van der Waals surface area (Å²) in [5.74, 6) is 0.865. The second-order valence-electron chi connectivity index (χ2n) is 4.34. The molecule has 1 unspecified atom stereocenters. The molecule has 1 saturated heterocycles. The van der Waals surface area contributed by atoms with Crippen molar-refractivity contribution in [1.82, 2.24) is 14.6 Å². The Labute approximate surface area is 108 Å². The molecule has 1 aliphatic heterocycles. The van der Waals surface area contributed by atoms with Gasteiger partial charge in [0, 0.05) is 13.0 Å². The van der Waals surface area contributed by atoms with Gasteiger partial charge in [-0.15, -0.1) is 0 Å². The van der Waals surface area contributed by atoms with Crippen LogP contribution in [0.2, 0.25) is 0 Å². The Kier molecular flexibility index (Phi) is 3.11. The summed E-state index contributed by atoms with van der Waals surface area (Å²) in [6, 6.07) is 5.89. The number of hydrogen-bond acceptors (Lipinski definition) is 3. The molecule has 0 aliphatic carbocycles. The molecule has 17 heavy (non-hydrogen) atoms. The molecule has 5 heteroatoms. The number of halogens is 1. The molecule has 3 rings (SSSR count). The van der Waals surface area contributed by atoms with Gasteiger partial charge in [-0.3, -0.25) is 0 Å². The SMILES string of the molecule is Brc1cccc2nc(CC3CCCCO3)nn12. The van der Waals surface area contributed by atoms with Crippen molar-refractivity contribution < 1.29 is 4.74 Å². The number of pyridine rings is 1. The molecule has 0 N–H and O–H groups in total. The number of nitrogens with zero attached hydrogens (tertiary/aromatic N) is 3. The van der Waals surface area contributed by atoms with E-state index in [-0.39, 0.29) is 0 Å². The van der Waals surface area contributed by atoms with Crippen LogP contribution in [-0.2, 0) is 11.2 Å². The van der Waals surface area contributed by atoms with Crippen molar-refractivity contribution in [3.8, 4) is 0 Å². The minimum absolute atomic E-state index is 0.292. The van der Waals surface area contributed by atoms with Crippen molar-refractivity contribution in [2.75, 3.05) is 6.61 Å². The molecule has 1 aliphatic rings. The van der Waals surface area contributed by atoms with E-state index in [1.165, 1.54) is 12.8 Å². The molecule has 1 atom stereocenters. The average Bonchev–Trinajstić information content (AvgIpc) is 2.74. The van der Waals surface area contributed by atoms with E-state index in [4.69, 9.17) is 4.74 Å². The van der Waals surface area contributed by atoms with Crippen LogP contribution in [0.3, 0.4) is 0 Å². The molecule has 1 fully saturated rings. The van der Waals surface area contributed by atoms with Gasteiger partial charge < -0.3 is 4.74 Å². The van der Waals surface area contributed by atoms with Crippen LogP contribution in [0.15, 0.2) is 22.8 Å². The normalized spacial score (nSPS) is 20.9. The second-order valence-corrected chi connectivity index (χ2v) is 5.15. The van der Waals surface area contributed by atoms with E-state index in [0.717, 1.165) is 35.5 Å². The first-order chi connectivity index (χ1) is 8.33. The molecule has 0 amide bonds. The molecule has 0 bridgehead atoms. The third-order valence-electron chi connectivity index (χ3n) is 3.04. The summed E-state index contributed by atoms with van der Waals surface area (Å²) in [5, 5.41) is 4.49. The van der Waals surface area contributed by atoms with Gasteiger partial charge in [-0.25, -0.2) is 9.50 Å². The second kappa shape index (κ2) is 4.74. The van der Waals surface area contributed by atoms with Crippen molar-refractivity contribution in [3.63, 3.8) is 0 Å². The van der Waals surface area contributed by atoms with Gasteiger partial charge in [0.1, 0.15) is 4.60 Å². The molecule has 90 valence electrons. The standard InChI is InChI=1S/C12H14BrN3O/c13-10-5-3-6-12-14-11(15-16(10)12)8-9-4-1-2-7-17-9/h3,5-6,9H,1-2,4,7-8H2. The fourth-order valence-electron chi connectivity index (χ4n) is 2.18. The van der Waals surface area contributed by atoms with E-state index in [1.54, 1.807) is 0 Å². The van der Waals surface area contributed by atoms with Crippen LogP contribution in [0.1, 0.15) is 25.1 Å². The summed E-state index contributed by atoms with van der Waals surface area (Å²) in [4.78, 5) is 4.51. The van der Waals surface area contributed by atoms with Crippen molar-refractivity contribution in [1.29, 1.82) is 0 Å². The topological polar surface area (TPSA) is 39.4 Å². The van der Waals surface area contributed by atoms with Gasteiger partial charge in [0.2, 0.25) is 0 Å². The summed E-state index contributed by atoms with van der Waals surface area (Å²) < 4.78 is 8.45. The maximum atomic E-state index is 5.71. The van der Waals surface area contributed by atoms with Gasteiger partial charge in [0.15, 0.2) is 11.5 Å². The highest BCUT2D eigenvalue weighted by molar-refractivity contribution is 9.10. The summed E-state index contributed by atoms with van der Waals surface area (Å²) in [7, 11) is 0. The Hall–Kier alpha value is -0.940. The Morgan fingerprint density at radius 3 is 3.12 bits per heavy atom. The lowest BCUT2D eigenvalue weighted by Gasteiger charge is -2.20. The molecular weight excluding hydrogens is 282 g/mol. The van der Waals surface area contributed by atoms with Crippen LogP contribution in [0.4, 0.5) is 0 Å². The summed E-state index contributed by atoms with van der Waals surface area (Å²) in [5.41, 5.74) is 0.880. The zero-order valence-electron chi connectivity index (χ0n) is 9.47. The number of hydrogen-bond donors (Lipinski definition) is 0. The van der Waals surface area contributed by atoms with Crippen molar-refractivity contribution >= 4 is 21.6 Å². The zero-order valence-corrected chi connectivity index (χ0v) is 11.1. The van der Waals surface area contributed by atoms with Crippen molar-refractivity contribution in [2.45, 2.75) is 31.8 Å². The highest BCUT2D eigenvalue weighted by atomic mass is 79.9. The summed E-state index contributed by atoms with van der Waals surface area (Å²) in [6.07, 6.45) is 4.66. The van der Waals surface area contributed by atoms with Gasteiger partial charge >= 0.3 is 0 Å². The molecule has 2 aromatic heterocycles. The number of fused-ring (bicyclic) bond motifs is 1. The van der Waals surface area contributed by atoms with Crippen LogP contribution in [-0.4, -0.2) is 27.3 Å². The molecule has 4 nitrogen and oxygen atoms in total. The first kappa shape index (κ1) is 11.2. The molecular formula is C12H14BrN3O. The molecule has 0 radical (unpaired) electrons. The first-order valence-corrected chi connectivity index (χ1v) is 6.74. The average molecular weight is 296 g/mol. The lowest BCUT2D eigenvalue weighted by atomic mass is 10.1. The molecule has 0 spiro atoms. The van der Waals surface area contributed by atoms with Crippen LogP contribution < -0.4 is 0 Å². The third-order valence-corrected chi connectivity index (χ3v) is 3.64.